The number of unbranched alkanes of at least 4 members (excludes halogenated alkanes) is 16. The lowest BCUT2D eigenvalue weighted by atomic mass is 10.0. The molecule has 0 radical (unpaired) electrons. The molecule has 0 fully saturated rings. The molecular weight excluding hydrogens is 406 g/mol. The summed E-state index contributed by atoms with van der Waals surface area (Å²) in [6.45, 7) is 12.4. The van der Waals surface area contributed by atoms with Gasteiger partial charge in [0.25, 0.3) is 0 Å². The fourth-order valence-electron chi connectivity index (χ4n) is 4.47. The van der Waals surface area contributed by atoms with Crippen molar-refractivity contribution in [3.63, 3.8) is 0 Å². The molecule has 0 heterocycles. The van der Waals surface area contributed by atoms with Gasteiger partial charge in [0.05, 0.1) is 19.6 Å². The Kier molecular flexibility index (Phi) is 24.9. The number of nitrogens with zero attached hydrogens (tertiary/aromatic N) is 1. The van der Waals surface area contributed by atoms with E-state index in [1.165, 1.54) is 103 Å². The third-order valence-corrected chi connectivity index (χ3v) is 6.24. The highest BCUT2D eigenvalue weighted by Crippen LogP contribution is 2.15. The molecule has 0 saturated carbocycles. The van der Waals surface area contributed by atoms with Gasteiger partial charge in [0, 0.05) is 0 Å². The van der Waals surface area contributed by atoms with Gasteiger partial charge < -0.3 is 22.0 Å². The Bertz CT molecular complexity index is 415. The van der Waals surface area contributed by atoms with Crippen LogP contribution < -0.4 is 12.4 Å². The second-order valence-electron chi connectivity index (χ2n) is 9.22. The molecule has 0 atom stereocenters. The SMILES string of the molecule is C=CC[N+](CC=C)(CCCCCCCCCCCCCCCCCCC)CC(=O)O.[Cl-]. The molecule has 1 N–H and O–H groups in total. The zero-order valence-electron chi connectivity index (χ0n) is 20.6. The van der Waals surface area contributed by atoms with Crippen LogP contribution >= 0.6 is 0 Å². The van der Waals surface area contributed by atoms with Crippen molar-refractivity contribution in [2.24, 2.45) is 0 Å². The summed E-state index contributed by atoms with van der Waals surface area (Å²) in [6.07, 6.45) is 26.9. The van der Waals surface area contributed by atoms with Gasteiger partial charge in [-0.1, -0.05) is 116 Å². The van der Waals surface area contributed by atoms with Crippen molar-refractivity contribution in [1.82, 2.24) is 0 Å². The van der Waals surface area contributed by atoms with Gasteiger partial charge in [-0.3, -0.25) is 0 Å². The van der Waals surface area contributed by atoms with Crippen LogP contribution in [0.15, 0.2) is 25.3 Å². The van der Waals surface area contributed by atoms with Gasteiger partial charge in [0.15, 0.2) is 6.54 Å². The molecule has 0 unspecified atom stereocenters. The minimum Gasteiger partial charge on any atom is -1.00 e. The smallest absolute Gasteiger partial charge is 0.359 e. The molecule has 0 saturated heterocycles. The van der Waals surface area contributed by atoms with Crippen LogP contribution in [0.5, 0.6) is 0 Å². The Balaban J connectivity index is 0. The number of aliphatic carboxylic acids is 1. The molecule has 31 heavy (non-hydrogen) atoms. The molecular formula is C27H52ClNO2. The predicted octanol–water partition coefficient (Wildman–Crippen LogP) is 4.92. The van der Waals surface area contributed by atoms with Crippen LogP contribution in [0.3, 0.4) is 0 Å². The van der Waals surface area contributed by atoms with Gasteiger partial charge in [-0.2, -0.15) is 0 Å². The van der Waals surface area contributed by atoms with E-state index in [9.17, 15) is 9.90 Å². The largest absolute Gasteiger partial charge is 1.00 e. The average molecular weight is 458 g/mol. The standard InChI is InChI=1S/C27H51NO2.ClH/c1-4-7-8-9-10-11-12-13-14-15-16-17-18-19-20-21-22-25-28(23-5-2,24-6-3)26-27(29)30;/h5-6H,2-4,7-26H2,1H3;1H. The van der Waals surface area contributed by atoms with Crippen LogP contribution in [-0.2, 0) is 4.79 Å². The van der Waals surface area contributed by atoms with Crippen molar-refractivity contribution >= 4 is 5.97 Å². The Morgan fingerprint density at radius 3 is 1.29 bits per heavy atom. The summed E-state index contributed by atoms with van der Waals surface area (Å²) in [5.41, 5.74) is 0. The highest BCUT2D eigenvalue weighted by molar-refractivity contribution is 5.68. The fourth-order valence-corrected chi connectivity index (χ4v) is 4.47. The van der Waals surface area contributed by atoms with Crippen molar-refractivity contribution in [2.45, 2.75) is 116 Å². The summed E-state index contributed by atoms with van der Waals surface area (Å²) in [4.78, 5) is 11.3. The van der Waals surface area contributed by atoms with Gasteiger partial charge in [-0.15, -0.1) is 0 Å². The van der Waals surface area contributed by atoms with Crippen LogP contribution in [0.2, 0.25) is 0 Å². The monoisotopic (exact) mass is 457 g/mol. The van der Waals surface area contributed by atoms with E-state index >= 15 is 0 Å². The van der Waals surface area contributed by atoms with E-state index in [-0.39, 0.29) is 19.0 Å². The van der Waals surface area contributed by atoms with Crippen molar-refractivity contribution in [2.75, 3.05) is 26.2 Å². The lowest BCUT2D eigenvalue weighted by Crippen LogP contribution is -3.00. The van der Waals surface area contributed by atoms with E-state index in [1.807, 2.05) is 12.2 Å². The summed E-state index contributed by atoms with van der Waals surface area (Å²) >= 11 is 0. The van der Waals surface area contributed by atoms with E-state index in [0.29, 0.717) is 17.6 Å². The first kappa shape index (κ1) is 32.4. The zero-order valence-corrected chi connectivity index (χ0v) is 21.4. The maximum absolute atomic E-state index is 11.3. The van der Waals surface area contributed by atoms with Crippen molar-refractivity contribution in [1.29, 1.82) is 0 Å². The minimum atomic E-state index is -0.731. The highest BCUT2D eigenvalue weighted by Gasteiger charge is 2.27. The maximum atomic E-state index is 11.3. The Morgan fingerprint density at radius 1 is 0.677 bits per heavy atom. The first-order valence-electron chi connectivity index (χ1n) is 12.9. The lowest BCUT2D eigenvalue weighted by molar-refractivity contribution is -0.910. The van der Waals surface area contributed by atoms with Gasteiger partial charge in [-0.25, -0.2) is 4.79 Å². The summed E-state index contributed by atoms with van der Waals surface area (Å²) in [6, 6.07) is 0. The number of carboxylic acids is 1. The number of carbonyl (C=O) groups is 1. The molecule has 0 bridgehead atoms. The van der Waals surface area contributed by atoms with Crippen LogP contribution in [0.4, 0.5) is 0 Å². The third-order valence-electron chi connectivity index (χ3n) is 6.24. The molecule has 0 aromatic heterocycles. The van der Waals surface area contributed by atoms with E-state index in [0.717, 1.165) is 13.0 Å². The number of halogens is 1. The van der Waals surface area contributed by atoms with Crippen LogP contribution in [-0.4, -0.2) is 41.7 Å². The number of hydrogen-bond donors (Lipinski definition) is 1. The van der Waals surface area contributed by atoms with E-state index < -0.39 is 5.97 Å². The second-order valence-corrected chi connectivity index (χ2v) is 9.22. The second kappa shape index (κ2) is 23.9. The molecule has 0 aliphatic heterocycles. The van der Waals surface area contributed by atoms with Crippen molar-refractivity contribution in [3.8, 4) is 0 Å². The molecule has 0 rings (SSSR count). The number of hydrogen-bond acceptors (Lipinski definition) is 1. The van der Waals surface area contributed by atoms with Gasteiger partial charge in [0.2, 0.25) is 0 Å². The highest BCUT2D eigenvalue weighted by atomic mass is 35.5. The Labute approximate surface area is 200 Å². The first-order chi connectivity index (χ1) is 14.6. The van der Waals surface area contributed by atoms with Crippen molar-refractivity contribution in [3.05, 3.63) is 25.3 Å². The Morgan fingerprint density at radius 2 is 1.00 bits per heavy atom. The molecule has 0 aromatic carbocycles. The number of carboxylic acid groups (broad SMARTS) is 1. The van der Waals surface area contributed by atoms with Crippen LogP contribution in [0.1, 0.15) is 116 Å². The summed E-state index contributed by atoms with van der Waals surface area (Å²) in [5.74, 6) is -0.731. The molecule has 0 aromatic rings. The van der Waals surface area contributed by atoms with Crippen LogP contribution in [0, 0.1) is 0 Å². The van der Waals surface area contributed by atoms with E-state index in [4.69, 9.17) is 0 Å². The molecule has 4 heteroatoms. The van der Waals surface area contributed by atoms with Gasteiger partial charge in [-0.05, 0) is 25.0 Å². The van der Waals surface area contributed by atoms with Gasteiger partial charge in [0.1, 0.15) is 0 Å². The summed E-state index contributed by atoms with van der Waals surface area (Å²) in [7, 11) is 0. The van der Waals surface area contributed by atoms with Crippen LogP contribution in [0.25, 0.3) is 0 Å². The molecule has 0 amide bonds. The van der Waals surface area contributed by atoms with E-state index in [1.54, 1.807) is 0 Å². The normalized spacial score (nSPS) is 11.1. The van der Waals surface area contributed by atoms with E-state index in [2.05, 4.69) is 20.1 Å². The quantitative estimate of drug-likeness (QED) is 0.127. The molecule has 184 valence electrons. The molecule has 0 aliphatic rings. The lowest BCUT2D eigenvalue weighted by Gasteiger charge is -2.35. The van der Waals surface area contributed by atoms with Crippen molar-refractivity contribution < 1.29 is 26.8 Å². The van der Waals surface area contributed by atoms with Gasteiger partial charge >= 0.3 is 5.97 Å². The minimum absolute atomic E-state index is 0. The number of quaternary nitrogens is 1. The molecule has 0 aliphatic carbocycles. The molecule has 0 spiro atoms. The summed E-state index contributed by atoms with van der Waals surface area (Å²) in [5, 5.41) is 9.26. The maximum Gasteiger partial charge on any atom is 0.359 e. The third kappa shape index (κ3) is 20.8. The zero-order chi connectivity index (χ0) is 22.3. The number of rotatable bonds is 24. The first-order valence-corrected chi connectivity index (χ1v) is 12.9. The topological polar surface area (TPSA) is 37.3 Å². The fraction of sp³-hybridized carbons (Fsp3) is 0.815. The summed E-state index contributed by atoms with van der Waals surface area (Å²) < 4.78 is 0.557. The Hall–Kier alpha value is -0.800. The molecule has 3 nitrogen and oxygen atoms in total. The predicted molar refractivity (Wildman–Crippen MR) is 132 cm³/mol. The average Bonchev–Trinajstić information content (AvgIpc) is 2.70.